The monoisotopic (exact) mass is 521 g/mol. The maximum absolute atomic E-state index is 13.5. The smallest absolute Gasteiger partial charge is 0.412 e. The van der Waals surface area contributed by atoms with E-state index in [2.05, 4.69) is 17.2 Å². The Hall–Kier alpha value is -3.07. The van der Waals surface area contributed by atoms with Crippen LogP contribution in [0, 0.1) is 5.41 Å². The molecule has 3 amide bonds. The Labute approximate surface area is 217 Å². The lowest BCUT2D eigenvalue weighted by Gasteiger charge is -2.35. The van der Waals surface area contributed by atoms with Crippen LogP contribution in [0.1, 0.15) is 64.7 Å². The summed E-state index contributed by atoms with van der Waals surface area (Å²) >= 11 is 6.29. The summed E-state index contributed by atoms with van der Waals surface area (Å²) in [6.45, 7) is 14.7. The van der Waals surface area contributed by atoms with Crippen molar-refractivity contribution in [1.82, 2.24) is 10.2 Å². The number of benzene rings is 1. The van der Waals surface area contributed by atoms with E-state index in [0.717, 1.165) is 0 Å². The Morgan fingerprint density at radius 1 is 1.19 bits per heavy atom. The molecule has 10 heteroatoms. The molecule has 1 aliphatic rings. The molecule has 0 aliphatic carbocycles. The standard InChI is InChI=1S/C26H36ClN3O6/c1-8-14-35-23(33)19-10-9-13-30(19)22(32)20(25(2,3)4)29-21(31)16-11-12-18(17(27)15-16)28-24(34)36-26(5,6)7/h8,11-12,15,19-20H,1,9-10,13-14H2,2-7H3,(H,28,34)(H,29,31)/t19-,20+/m1/s1. The average Bonchev–Trinajstić information content (AvgIpc) is 3.24. The molecule has 0 spiro atoms. The maximum Gasteiger partial charge on any atom is 0.412 e. The first-order valence-electron chi connectivity index (χ1n) is 11.8. The summed E-state index contributed by atoms with van der Waals surface area (Å²) in [7, 11) is 0. The van der Waals surface area contributed by atoms with Crippen molar-refractivity contribution in [2.45, 2.75) is 72.1 Å². The fourth-order valence-corrected chi connectivity index (χ4v) is 3.94. The van der Waals surface area contributed by atoms with Crippen LogP contribution in [0.2, 0.25) is 5.02 Å². The van der Waals surface area contributed by atoms with Gasteiger partial charge in [0.1, 0.15) is 24.3 Å². The summed E-state index contributed by atoms with van der Waals surface area (Å²) < 4.78 is 10.4. The normalized spacial score (nSPS) is 16.6. The van der Waals surface area contributed by atoms with Crippen LogP contribution in [0.25, 0.3) is 0 Å². The summed E-state index contributed by atoms with van der Waals surface area (Å²) in [6.07, 6.45) is 1.95. The van der Waals surface area contributed by atoms with Crippen molar-refractivity contribution in [3.8, 4) is 0 Å². The van der Waals surface area contributed by atoms with Gasteiger partial charge in [-0.15, -0.1) is 0 Å². The molecular weight excluding hydrogens is 486 g/mol. The van der Waals surface area contributed by atoms with Gasteiger partial charge in [-0.25, -0.2) is 9.59 Å². The number of anilines is 1. The minimum Gasteiger partial charge on any atom is -0.460 e. The topological polar surface area (TPSA) is 114 Å². The summed E-state index contributed by atoms with van der Waals surface area (Å²) in [5.41, 5.74) is -0.835. The van der Waals surface area contributed by atoms with Crippen molar-refractivity contribution >= 4 is 41.2 Å². The van der Waals surface area contributed by atoms with E-state index in [1.54, 1.807) is 20.8 Å². The molecule has 0 saturated carbocycles. The van der Waals surface area contributed by atoms with Crippen LogP contribution in [0.15, 0.2) is 30.9 Å². The molecule has 36 heavy (non-hydrogen) atoms. The maximum atomic E-state index is 13.5. The molecular formula is C26H36ClN3O6. The number of nitrogens with one attached hydrogen (secondary N) is 2. The number of ether oxygens (including phenoxy) is 2. The highest BCUT2D eigenvalue weighted by molar-refractivity contribution is 6.34. The lowest BCUT2D eigenvalue weighted by Crippen LogP contribution is -2.56. The van der Waals surface area contributed by atoms with Gasteiger partial charge in [-0.05, 0) is 57.2 Å². The fourth-order valence-electron chi connectivity index (χ4n) is 3.71. The Bertz CT molecular complexity index is 1010. The van der Waals surface area contributed by atoms with Gasteiger partial charge in [-0.3, -0.25) is 14.9 Å². The van der Waals surface area contributed by atoms with Crippen molar-refractivity contribution in [3.63, 3.8) is 0 Å². The van der Waals surface area contributed by atoms with Gasteiger partial charge in [0.2, 0.25) is 5.91 Å². The summed E-state index contributed by atoms with van der Waals surface area (Å²) in [4.78, 5) is 52.6. The van der Waals surface area contributed by atoms with Crippen LogP contribution in [0.4, 0.5) is 10.5 Å². The van der Waals surface area contributed by atoms with E-state index in [1.807, 2.05) is 20.8 Å². The van der Waals surface area contributed by atoms with Gasteiger partial charge in [-0.1, -0.05) is 45.0 Å². The number of rotatable bonds is 7. The number of likely N-dealkylation sites (tertiary alicyclic amines) is 1. The third-order valence-electron chi connectivity index (χ3n) is 5.41. The first-order valence-corrected chi connectivity index (χ1v) is 12.2. The number of esters is 1. The molecule has 2 N–H and O–H groups in total. The van der Waals surface area contributed by atoms with Crippen LogP contribution >= 0.6 is 11.6 Å². The van der Waals surface area contributed by atoms with Crippen molar-refractivity contribution in [3.05, 3.63) is 41.4 Å². The second-order valence-electron chi connectivity index (χ2n) is 10.7. The number of carbonyl (C=O) groups excluding carboxylic acids is 4. The van der Waals surface area contributed by atoms with E-state index in [0.29, 0.717) is 19.4 Å². The van der Waals surface area contributed by atoms with Crippen molar-refractivity contribution < 1.29 is 28.7 Å². The summed E-state index contributed by atoms with van der Waals surface area (Å²) in [5.74, 6) is -1.36. The van der Waals surface area contributed by atoms with Gasteiger partial charge in [0.15, 0.2) is 0 Å². The Morgan fingerprint density at radius 2 is 1.86 bits per heavy atom. The molecule has 1 aromatic carbocycles. The third-order valence-corrected chi connectivity index (χ3v) is 5.72. The van der Waals surface area contributed by atoms with Crippen LogP contribution in [-0.4, -0.2) is 59.6 Å². The van der Waals surface area contributed by atoms with Crippen molar-refractivity contribution in [2.75, 3.05) is 18.5 Å². The van der Waals surface area contributed by atoms with Crippen molar-refractivity contribution in [2.24, 2.45) is 5.41 Å². The van der Waals surface area contributed by atoms with Crippen molar-refractivity contribution in [1.29, 1.82) is 0 Å². The molecule has 0 unspecified atom stereocenters. The van der Waals surface area contributed by atoms with Gasteiger partial charge < -0.3 is 19.7 Å². The van der Waals surface area contributed by atoms with Gasteiger partial charge >= 0.3 is 12.1 Å². The van der Waals surface area contributed by atoms with Gasteiger partial charge in [0, 0.05) is 12.1 Å². The zero-order chi connectivity index (χ0) is 27.3. The van der Waals surface area contributed by atoms with E-state index < -0.39 is 41.1 Å². The molecule has 0 aromatic heterocycles. The van der Waals surface area contributed by atoms with Gasteiger partial charge in [-0.2, -0.15) is 0 Å². The Balaban J connectivity index is 2.18. The lowest BCUT2D eigenvalue weighted by atomic mass is 9.85. The molecule has 1 aromatic rings. The largest absolute Gasteiger partial charge is 0.460 e. The van der Waals surface area contributed by atoms with Crippen LogP contribution in [-0.2, 0) is 19.1 Å². The number of hydrogen-bond acceptors (Lipinski definition) is 6. The fraction of sp³-hybridized carbons (Fsp3) is 0.538. The Morgan fingerprint density at radius 3 is 2.42 bits per heavy atom. The van der Waals surface area contributed by atoms with E-state index in [9.17, 15) is 19.2 Å². The van der Waals surface area contributed by atoms with Crippen LogP contribution in [0.3, 0.4) is 0 Å². The highest BCUT2D eigenvalue weighted by Crippen LogP contribution is 2.28. The molecule has 9 nitrogen and oxygen atoms in total. The molecule has 0 bridgehead atoms. The second kappa shape index (κ2) is 11.8. The predicted molar refractivity (Wildman–Crippen MR) is 138 cm³/mol. The molecule has 1 fully saturated rings. The van der Waals surface area contributed by atoms with E-state index >= 15 is 0 Å². The number of carbonyl (C=O) groups is 4. The second-order valence-corrected chi connectivity index (χ2v) is 11.1. The molecule has 1 aliphatic heterocycles. The summed E-state index contributed by atoms with van der Waals surface area (Å²) in [5, 5.41) is 5.49. The molecule has 1 saturated heterocycles. The zero-order valence-corrected chi connectivity index (χ0v) is 22.5. The molecule has 0 radical (unpaired) electrons. The van der Waals surface area contributed by atoms with E-state index in [4.69, 9.17) is 21.1 Å². The quantitative estimate of drug-likeness (QED) is 0.402. The van der Waals surface area contributed by atoms with E-state index in [1.165, 1.54) is 29.2 Å². The third kappa shape index (κ3) is 7.98. The zero-order valence-electron chi connectivity index (χ0n) is 21.8. The molecule has 1 heterocycles. The first kappa shape index (κ1) is 29.2. The number of amides is 3. The highest BCUT2D eigenvalue weighted by atomic mass is 35.5. The number of halogens is 1. The first-order chi connectivity index (χ1) is 16.6. The molecule has 198 valence electrons. The average molecular weight is 522 g/mol. The minimum absolute atomic E-state index is 0.0658. The molecule has 2 atom stereocenters. The van der Waals surface area contributed by atoms with Gasteiger partial charge in [0.25, 0.3) is 5.91 Å². The number of nitrogens with zero attached hydrogens (tertiary/aromatic N) is 1. The SMILES string of the molecule is C=CCOC(=O)[C@H]1CCCN1C(=O)[C@H](NC(=O)c1ccc(NC(=O)OC(C)(C)C)c(Cl)c1)C(C)(C)C. The highest BCUT2D eigenvalue weighted by Gasteiger charge is 2.42. The van der Waals surface area contributed by atoms with Crippen LogP contribution < -0.4 is 10.6 Å². The van der Waals surface area contributed by atoms with E-state index in [-0.39, 0.29) is 28.8 Å². The predicted octanol–water partition coefficient (Wildman–Crippen LogP) is 4.55. The minimum atomic E-state index is -0.906. The Kier molecular flexibility index (Phi) is 9.54. The molecule has 2 rings (SSSR count). The van der Waals surface area contributed by atoms with Gasteiger partial charge in [0.05, 0.1) is 10.7 Å². The summed E-state index contributed by atoms with van der Waals surface area (Å²) in [6, 6.07) is 2.77. The lowest BCUT2D eigenvalue weighted by molar-refractivity contribution is -0.153. The number of hydrogen-bond donors (Lipinski definition) is 2. The van der Waals surface area contributed by atoms with Crippen LogP contribution in [0.5, 0.6) is 0 Å².